The van der Waals surface area contributed by atoms with Gasteiger partial charge in [-0.2, -0.15) is 8.42 Å². The predicted octanol–water partition coefficient (Wildman–Crippen LogP) is 2.23. The minimum atomic E-state index is -3.48. The van der Waals surface area contributed by atoms with E-state index in [0.717, 1.165) is 18.9 Å². The summed E-state index contributed by atoms with van der Waals surface area (Å²) in [7, 11) is -3.48. The summed E-state index contributed by atoms with van der Waals surface area (Å²) in [5.74, 6) is -0.275. The Bertz CT molecular complexity index is 475. The van der Waals surface area contributed by atoms with Crippen LogP contribution in [-0.4, -0.2) is 33.2 Å². The fraction of sp³-hybridized carbons (Fsp3) is 0.857. The molecule has 0 fully saturated rings. The van der Waals surface area contributed by atoms with E-state index in [9.17, 15) is 13.2 Å². The number of amides is 1. The normalized spacial score (nSPS) is 11.0. The molecule has 0 radical (unpaired) electrons. The van der Waals surface area contributed by atoms with Gasteiger partial charge in [0.1, 0.15) is 0 Å². The zero-order chi connectivity index (χ0) is 20.2. The molecule has 0 spiro atoms. The molecule has 162 valence electrons. The molecule has 0 bridgehead atoms. The first-order chi connectivity index (χ1) is 13.0. The second kappa shape index (κ2) is 21.8. The van der Waals surface area contributed by atoms with Crippen LogP contribution in [0.3, 0.4) is 0 Å². The second-order valence-electron chi connectivity index (χ2n) is 7.18. The van der Waals surface area contributed by atoms with Crippen molar-refractivity contribution in [2.24, 2.45) is 0 Å². The summed E-state index contributed by atoms with van der Waals surface area (Å²) in [6, 6.07) is 0. The van der Waals surface area contributed by atoms with Crippen LogP contribution in [0.25, 0.3) is 0 Å². The molecule has 0 rings (SSSR count). The largest absolute Gasteiger partial charge is 1.00 e. The van der Waals surface area contributed by atoms with E-state index in [1.807, 2.05) is 0 Å². The summed E-state index contributed by atoms with van der Waals surface area (Å²) in [5, 5.41) is 2.48. The maximum Gasteiger partial charge on any atom is 1.00 e. The van der Waals surface area contributed by atoms with Crippen LogP contribution in [0.1, 0.15) is 98.2 Å². The third-order valence-electron chi connectivity index (χ3n) is 4.60. The van der Waals surface area contributed by atoms with Crippen molar-refractivity contribution in [3.8, 4) is 0 Å². The van der Waals surface area contributed by atoms with Gasteiger partial charge in [0.05, 0.1) is 12.4 Å². The molecule has 0 aliphatic rings. The van der Waals surface area contributed by atoms with Gasteiger partial charge in [0.15, 0.2) is 0 Å². The Morgan fingerprint density at radius 1 is 0.893 bits per heavy atom. The van der Waals surface area contributed by atoms with Crippen molar-refractivity contribution in [2.75, 3.05) is 18.9 Å². The fourth-order valence-corrected chi connectivity index (χ4v) is 3.96. The molecule has 0 saturated carbocycles. The molecular formula is C21H42NNaO4S. The summed E-state index contributed by atoms with van der Waals surface area (Å²) in [4.78, 5) is 10.9. The molecule has 0 aromatic heterocycles. The van der Waals surface area contributed by atoms with E-state index in [4.69, 9.17) is 4.18 Å². The van der Waals surface area contributed by atoms with E-state index < -0.39 is 10.1 Å². The Morgan fingerprint density at radius 3 is 1.75 bits per heavy atom. The van der Waals surface area contributed by atoms with Crippen molar-refractivity contribution in [2.45, 2.75) is 96.8 Å². The van der Waals surface area contributed by atoms with E-state index in [1.54, 1.807) is 0 Å². The first-order valence-corrected chi connectivity index (χ1v) is 12.4. The first kappa shape index (κ1) is 30.3. The van der Waals surface area contributed by atoms with Crippen LogP contribution < -0.4 is 34.9 Å². The minimum Gasteiger partial charge on any atom is -1.00 e. The quantitative estimate of drug-likeness (QED) is 0.140. The van der Waals surface area contributed by atoms with Gasteiger partial charge in [0.25, 0.3) is 10.1 Å². The molecule has 0 aromatic rings. The van der Waals surface area contributed by atoms with Crippen LogP contribution in [0.2, 0.25) is 0 Å². The maximum atomic E-state index is 11.7. The Morgan fingerprint density at radius 2 is 1.32 bits per heavy atom. The summed E-state index contributed by atoms with van der Waals surface area (Å²) < 4.78 is 28.3. The molecule has 0 aliphatic heterocycles. The number of nitrogens with one attached hydrogen (secondary N) is 1. The standard InChI is InChI=1S/C21H41NO4S.Na.H/c1-3-5-6-7-8-9-10-11-12-13-14-15-16-17-20-27(24,25)26-19-18-22-21(23)4-2;;/h4H,2-3,5-20H2,1H3,(H,22,23);;/q;+1;-1. The van der Waals surface area contributed by atoms with Crippen molar-refractivity contribution in [1.29, 1.82) is 0 Å². The van der Waals surface area contributed by atoms with Gasteiger partial charge in [-0.15, -0.1) is 0 Å². The van der Waals surface area contributed by atoms with Gasteiger partial charge in [-0.05, 0) is 12.5 Å². The number of carbonyl (C=O) groups excluding carboxylic acids is 1. The Labute approximate surface area is 197 Å². The average molecular weight is 428 g/mol. The topological polar surface area (TPSA) is 72.5 Å². The molecule has 5 nitrogen and oxygen atoms in total. The van der Waals surface area contributed by atoms with Gasteiger partial charge in [-0.25, -0.2) is 0 Å². The average Bonchev–Trinajstić information content (AvgIpc) is 2.65. The van der Waals surface area contributed by atoms with Gasteiger partial charge < -0.3 is 6.74 Å². The van der Waals surface area contributed by atoms with E-state index in [2.05, 4.69) is 18.8 Å². The molecule has 1 N–H and O–H groups in total. The molecule has 0 heterocycles. The Balaban J connectivity index is -0.00000338. The molecule has 28 heavy (non-hydrogen) atoms. The van der Waals surface area contributed by atoms with Crippen LogP contribution in [0.15, 0.2) is 12.7 Å². The fourth-order valence-electron chi connectivity index (χ4n) is 2.95. The van der Waals surface area contributed by atoms with Gasteiger partial charge >= 0.3 is 29.6 Å². The third kappa shape index (κ3) is 22.4. The number of unbranched alkanes of at least 4 members (excludes halogenated alkanes) is 13. The van der Waals surface area contributed by atoms with E-state index in [1.165, 1.54) is 70.6 Å². The van der Waals surface area contributed by atoms with Crippen LogP contribution in [-0.2, 0) is 19.1 Å². The Kier molecular flexibility index (Phi) is 23.6. The second-order valence-corrected chi connectivity index (χ2v) is 8.93. The zero-order valence-corrected chi connectivity index (χ0v) is 21.2. The third-order valence-corrected chi connectivity index (χ3v) is 5.91. The molecule has 0 aliphatic carbocycles. The van der Waals surface area contributed by atoms with E-state index >= 15 is 0 Å². The molecule has 7 heteroatoms. The van der Waals surface area contributed by atoms with Crippen molar-refractivity contribution in [3.63, 3.8) is 0 Å². The molecule has 0 aromatic carbocycles. The summed E-state index contributed by atoms with van der Waals surface area (Å²) in [6.45, 7) is 5.71. The van der Waals surface area contributed by atoms with Crippen LogP contribution >= 0.6 is 0 Å². The van der Waals surface area contributed by atoms with E-state index in [0.29, 0.717) is 6.42 Å². The molecular weight excluding hydrogens is 385 g/mol. The molecule has 0 unspecified atom stereocenters. The van der Waals surface area contributed by atoms with E-state index in [-0.39, 0.29) is 55.8 Å². The molecule has 0 saturated heterocycles. The summed E-state index contributed by atoms with van der Waals surface area (Å²) in [6.07, 6.45) is 18.4. The number of hydrogen-bond acceptors (Lipinski definition) is 4. The number of carbonyl (C=O) groups is 1. The van der Waals surface area contributed by atoms with Crippen molar-refractivity contribution in [3.05, 3.63) is 12.7 Å². The number of rotatable bonds is 20. The Hall–Kier alpha value is 0.120. The smallest absolute Gasteiger partial charge is 1.00 e. The van der Waals surface area contributed by atoms with Crippen molar-refractivity contribution < 1.29 is 48.4 Å². The van der Waals surface area contributed by atoms with Gasteiger partial charge in [0.2, 0.25) is 5.91 Å². The predicted molar refractivity (Wildman–Crippen MR) is 114 cm³/mol. The van der Waals surface area contributed by atoms with Gasteiger partial charge in [-0.3, -0.25) is 8.98 Å². The minimum absolute atomic E-state index is 0. The monoisotopic (exact) mass is 427 g/mol. The van der Waals surface area contributed by atoms with Gasteiger partial charge in [0, 0.05) is 6.54 Å². The van der Waals surface area contributed by atoms with Crippen LogP contribution in [0, 0.1) is 0 Å². The number of hydrogen-bond donors (Lipinski definition) is 1. The molecule has 1 amide bonds. The molecule has 0 atom stereocenters. The van der Waals surface area contributed by atoms with Crippen molar-refractivity contribution in [1.82, 2.24) is 5.32 Å². The SMILES string of the molecule is C=CC(=O)NCCOS(=O)(=O)CCCCCCCCCCCCCCCC.[H-].[Na+]. The van der Waals surface area contributed by atoms with Gasteiger partial charge in [-0.1, -0.05) is 97.0 Å². The summed E-state index contributed by atoms with van der Waals surface area (Å²) in [5.41, 5.74) is 0. The van der Waals surface area contributed by atoms with Crippen LogP contribution in [0.5, 0.6) is 0 Å². The first-order valence-electron chi connectivity index (χ1n) is 10.8. The maximum absolute atomic E-state index is 11.7. The summed E-state index contributed by atoms with van der Waals surface area (Å²) >= 11 is 0. The van der Waals surface area contributed by atoms with Crippen molar-refractivity contribution >= 4 is 16.0 Å². The van der Waals surface area contributed by atoms with Crippen LogP contribution in [0.4, 0.5) is 0 Å². The zero-order valence-electron chi connectivity index (χ0n) is 19.3.